The number of sulfonamides is 1. The fraction of sp³-hybridized carbons (Fsp3) is 0.364. The number of carboxylic acids is 1. The molecular formula is C11H15BrN2O4S. The van der Waals surface area contributed by atoms with Crippen molar-refractivity contribution < 1.29 is 18.3 Å². The number of aromatic carboxylic acids is 1. The molecule has 0 aliphatic heterocycles. The van der Waals surface area contributed by atoms with Gasteiger partial charge in [0.05, 0.1) is 11.3 Å². The molecule has 0 fully saturated rings. The summed E-state index contributed by atoms with van der Waals surface area (Å²) in [6, 6.07) is 4.89. The van der Waals surface area contributed by atoms with E-state index < -0.39 is 16.0 Å². The van der Waals surface area contributed by atoms with Crippen molar-refractivity contribution in [2.24, 2.45) is 0 Å². The fourth-order valence-corrected chi connectivity index (χ4v) is 2.65. The summed E-state index contributed by atoms with van der Waals surface area (Å²) in [5.41, 5.74) is 0.473. The van der Waals surface area contributed by atoms with Gasteiger partial charge in [-0.2, -0.15) is 0 Å². The molecule has 0 atom stereocenters. The summed E-state index contributed by atoms with van der Waals surface area (Å²) in [6.45, 7) is 0.136. The Balaban J connectivity index is 2.80. The SMILES string of the molecule is CN(C)S(=O)(=O)CCNc1cccc(Br)c1C(=O)O. The number of carboxylic acid groups (broad SMARTS) is 1. The number of hydrogen-bond acceptors (Lipinski definition) is 4. The molecule has 1 aromatic carbocycles. The van der Waals surface area contributed by atoms with Crippen LogP contribution in [0.15, 0.2) is 22.7 Å². The van der Waals surface area contributed by atoms with Gasteiger partial charge in [-0.3, -0.25) is 0 Å². The number of hydrogen-bond donors (Lipinski definition) is 2. The Morgan fingerprint density at radius 2 is 2.05 bits per heavy atom. The van der Waals surface area contributed by atoms with E-state index in [-0.39, 0.29) is 17.9 Å². The first-order chi connectivity index (χ1) is 8.75. The van der Waals surface area contributed by atoms with Crippen LogP contribution in [0.25, 0.3) is 0 Å². The molecule has 1 rings (SSSR count). The van der Waals surface area contributed by atoms with Crippen molar-refractivity contribution in [3.05, 3.63) is 28.2 Å². The third kappa shape index (κ3) is 4.19. The Morgan fingerprint density at radius 1 is 1.42 bits per heavy atom. The van der Waals surface area contributed by atoms with E-state index in [0.29, 0.717) is 10.2 Å². The van der Waals surface area contributed by atoms with E-state index in [4.69, 9.17) is 5.11 Å². The molecule has 0 saturated heterocycles. The van der Waals surface area contributed by atoms with Crippen molar-refractivity contribution in [3.63, 3.8) is 0 Å². The van der Waals surface area contributed by atoms with Gasteiger partial charge in [0.25, 0.3) is 0 Å². The maximum absolute atomic E-state index is 11.6. The average molecular weight is 351 g/mol. The maximum Gasteiger partial charge on any atom is 0.338 e. The van der Waals surface area contributed by atoms with E-state index in [9.17, 15) is 13.2 Å². The van der Waals surface area contributed by atoms with Crippen LogP contribution >= 0.6 is 15.9 Å². The number of benzene rings is 1. The van der Waals surface area contributed by atoms with Crippen LogP contribution in [-0.4, -0.2) is 50.2 Å². The van der Waals surface area contributed by atoms with Crippen LogP contribution in [0, 0.1) is 0 Å². The van der Waals surface area contributed by atoms with Crippen LogP contribution < -0.4 is 5.32 Å². The lowest BCUT2D eigenvalue weighted by Gasteiger charge is -2.13. The van der Waals surface area contributed by atoms with Crippen molar-refractivity contribution in [1.29, 1.82) is 0 Å². The zero-order valence-corrected chi connectivity index (χ0v) is 13.0. The highest BCUT2D eigenvalue weighted by molar-refractivity contribution is 9.10. The van der Waals surface area contributed by atoms with Gasteiger partial charge in [0.1, 0.15) is 0 Å². The van der Waals surface area contributed by atoms with Crippen molar-refractivity contribution >= 4 is 37.6 Å². The van der Waals surface area contributed by atoms with Crippen LogP contribution in [0.3, 0.4) is 0 Å². The molecule has 0 aromatic heterocycles. The third-order valence-electron chi connectivity index (χ3n) is 2.46. The monoisotopic (exact) mass is 350 g/mol. The largest absolute Gasteiger partial charge is 0.478 e. The lowest BCUT2D eigenvalue weighted by Crippen LogP contribution is -2.28. The summed E-state index contributed by atoms with van der Waals surface area (Å²) >= 11 is 3.16. The number of halogens is 1. The second-order valence-corrected chi connectivity index (χ2v) is 7.15. The molecule has 0 spiro atoms. The van der Waals surface area contributed by atoms with Gasteiger partial charge in [0, 0.05) is 30.8 Å². The minimum atomic E-state index is -3.30. The second-order valence-electron chi connectivity index (χ2n) is 3.99. The van der Waals surface area contributed by atoms with Gasteiger partial charge < -0.3 is 10.4 Å². The summed E-state index contributed by atoms with van der Waals surface area (Å²) < 4.78 is 24.7. The Labute approximate surface area is 120 Å². The molecule has 8 heteroatoms. The molecule has 1 aromatic rings. The topological polar surface area (TPSA) is 86.7 Å². The molecule has 0 radical (unpaired) electrons. The minimum absolute atomic E-state index is 0.0877. The quantitative estimate of drug-likeness (QED) is 0.810. The highest BCUT2D eigenvalue weighted by atomic mass is 79.9. The van der Waals surface area contributed by atoms with Crippen molar-refractivity contribution in [2.75, 3.05) is 31.7 Å². The first-order valence-corrected chi connectivity index (χ1v) is 7.82. The molecule has 106 valence electrons. The van der Waals surface area contributed by atoms with Crippen molar-refractivity contribution in [3.8, 4) is 0 Å². The van der Waals surface area contributed by atoms with Crippen LogP contribution in [0.1, 0.15) is 10.4 Å². The summed E-state index contributed by atoms with van der Waals surface area (Å²) in [6.07, 6.45) is 0. The molecule has 0 amide bonds. The Hall–Kier alpha value is -1.12. The van der Waals surface area contributed by atoms with Crippen LogP contribution in [0.4, 0.5) is 5.69 Å². The number of anilines is 1. The van der Waals surface area contributed by atoms with Gasteiger partial charge in [-0.15, -0.1) is 0 Å². The summed E-state index contributed by atoms with van der Waals surface area (Å²) in [7, 11) is -0.389. The maximum atomic E-state index is 11.6. The summed E-state index contributed by atoms with van der Waals surface area (Å²) in [4.78, 5) is 11.1. The van der Waals surface area contributed by atoms with Crippen LogP contribution in [-0.2, 0) is 10.0 Å². The zero-order chi connectivity index (χ0) is 14.6. The Kier molecular flexibility index (Phi) is 5.33. The lowest BCUT2D eigenvalue weighted by atomic mass is 10.2. The number of nitrogens with zero attached hydrogens (tertiary/aromatic N) is 1. The first kappa shape index (κ1) is 15.9. The average Bonchev–Trinajstić information content (AvgIpc) is 2.27. The Morgan fingerprint density at radius 3 is 2.58 bits per heavy atom. The van der Waals surface area contributed by atoms with E-state index in [0.717, 1.165) is 4.31 Å². The third-order valence-corrected chi connectivity index (χ3v) is 4.95. The molecule has 0 aliphatic carbocycles. The number of nitrogens with one attached hydrogen (secondary N) is 1. The number of rotatable bonds is 6. The molecule has 2 N–H and O–H groups in total. The van der Waals surface area contributed by atoms with Gasteiger partial charge in [-0.05, 0) is 28.1 Å². The van der Waals surface area contributed by atoms with Gasteiger partial charge in [0.2, 0.25) is 10.0 Å². The van der Waals surface area contributed by atoms with E-state index in [1.807, 2.05) is 0 Å². The number of carbonyl (C=O) groups is 1. The smallest absolute Gasteiger partial charge is 0.338 e. The molecule has 0 saturated carbocycles. The summed E-state index contributed by atoms with van der Waals surface area (Å²) in [5, 5.41) is 11.9. The van der Waals surface area contributed by atoms with E-state index >= 15 is 0 Å². The second kappa shape index (κ2) is 6.36. The van der Waals surface area contributed by atoms with Crippen LogP contribution in [0.5, 0.6) is 0 Å². The van der Waals surface area contributed by atoms with Gasteiger partial charge in [-0.1, -0.05) is 6.07 Å². The minimum Gasteiger partial charge on any atom is -0.478 e. The van der Waals surface area contributed by atoms with Gasteiger partial charge in [-0.25, -0.2) is 17.5 Å². The molecule has 0 bridgehead atoms. The molecule has 19 heavy (non-hydrogen) atoms. The summed E-state index contributed by atoms with van der Waals surface area (Å²) in [5.74, 6) is -1.18. The predicted molar refractivity (Wildman–Crippen MR) is 77.1 cm³/mol. The molecule has 6 nitrogen and oxygen atoms in total. The Bertz CT molecular complexity index is 572. The molecule has 0 heterocycles. The van der Waals surface area contributed by atoms with Gasteiger partial charge in [0.15, 0.2) is 0 Å². The van der Waals surface area contributed by atoms with E-state index in [2.05, 4.69) is 21.2 Å². The predicted octanol–water partition coefficient (Wildman–Crippen LogP) is 1.45. The van der Waals surface area contributed by atoms with Crippen molar-refractivity contribution in [2.45, 2.75) is 0 Å². The molecular weight excluding hydrogens is 336 g/mol. The molecule has 0 aliphatic rings. The lowest BCUT2D eigenvalue weighted by molar-refractivity contribution is 0.0697. The normalized spacial score (nSPS) is 11.6. The van der Waals surface area contributed by atoms with Crippen molar-refractivity contribution in [1.82, 2.24) is 4.31 Å². The van der Waals surface area contributed by atoms with E-state index in [1.165, 1.54) is 14.1 Å². The van der Waals surface area contributed by atoms with Gasteiger partial charge >= 0.3 is 5.97 Å². The highest BCUT2D eigenvalue weighted by Crippen LogP contribution is 2.24. The van der Waals surface area contributed by atoms with E-state index in [1.54, 1.807) is 18.2 Å². The zero-order valence-electron chi connectivity index (χ0n) is 10.6. The van der Waals surface area contributed by atoms with Crippen LogP contribution in [0.2, 0.25) is 0 Å². The fourth-order valence-electron chi connectivity index (χ4n) is 1.39. The first-order valence-electron chi connectivity index (χ1n) is 5.41. The highest BCUT2D eigenvalue weighted by Gasteiger charge is 2.16. The standard InChI is InChI=1S/C11H15BrN2O4S/c1-14(2)19(17,18)7-6-13-9-5-3-4-8(12)10(9)11(15)16/h3-5,13H,6-7H2,1-2H3,(H,15,16). The molecule has 0 unspecified atom stereocenters.